The van der Waals surface area contributed by atoms with Gasteiger partial charge in [-0.1, -0.05) is 19.3 Å². The van der Waals surface area contributed by atoms with E-state index in [9.17, 15) is 0 Å². The fourth-order valence-electron chi connectivity index (χ4n) is 1.71. The second-order valence-electron chi connectivity index (χ2n) is 3.11. The first-order valence-corrected chi connectivity index (χ1v) is 5.11. The molecule has 60 valence electrons. The molecule has 0 aromatic carbocycles. The van der Waals surface area contributed by atoms with E-state index >= 15 is 0 Å². The quantitative estimate of drug-likeness (QED) is 0.644. The van der Waals surface area contributed by atoms with Gasteiger partial charge in [0.05, 0.1) is 0 Å². The molecule has 2 nitrogen and oxygen atoms in total. The second-order valence-corrected chi connectivity index (χ2v) is 3.98. The SMILES string of the molecule is c1nnc(C2CCCCC2)s1. The first-order chi connectivity index (χ1) is 5.47. The number of hydrogen-bond acceptors (Lipinski definition) is 3. The van der Waals surface area contributed by atoms with Gasteiger partial charge >= 0.3 is 0 Å². The van der Waals surface area contributed by atoms with Crippen molar-refractivity contribution in [3.63, 3.8) is 0 Å². The van der Waals surface area contributed by atoms with Crippen molar-refractivity contribution in [3.8, 4) is 0 Å². The fraction of sp³-hybridized carbons (Fsp3) is 0.750. The highest BCUT2D eigenvalue weighted by Gasteiger charge is 2.17. The lowest BCUT2D eigenvalue weighted by molar-refractivity contribution is 0.440. The maximum absolute atomic E-state index is 4.11. The van der Waals surface area contributed by atoms with Crippen LogP contribution in [0.3, 0.4) is 0 Å². The van der Waals surface area contributed by atoms with E-state index in [1.54, 1.807) is 11.3 Å². The van der Waals surface area contributed by atoms with E-state index in [0.29, 0.717) is 0 Å². The molecule has 3 heteroatoms. The molecule has 0 atom stereocenters. The van der Waals surface area contributed by atoms with Crippen molar-refractivity contribution in [1.29, 1.82) is 0 Å². The molecule has 0 aliphatic heterocycles. The summed E-state index contributed by atoms with van der Waals surface area (Å²) in [7, 11) is 0. The molecule has 1 saturated carbocycles. The van der Waals surface area contributed by atoms with Gasteiger partial charge in [-0.3, -0.25) is 0 Å². The van der Waals surface area contributed by atoms with Crippen molar-refractivity contribution in [3.05, 3.63) is 10.5 Å². The maximum atomic E-state index is 4.11. The first-order valence-electron chi connectivity index (χ1n) is 4.23. The van der Waals surface area contributed by atoms with Crippen molar-refractivity contribution in [2.45, 2.75) is 38.0 Å². The molecule has 0 amide bonds. The molecule has 1 aromatic heterocycles. The minimum atomic E-state index is 0.733. The average molecular weight is 168 g/mol. The summed E-state index contributed by atoms with van der Waals surface area (Å²) in [5.41, 5.74) is 1.84. The molecule has 0 bridgehead atoms. The van der Waals surface area contributed by atoms with Gasteiger partial charge in [0.2, 0.25) is 0 Å². The second kappa shape index (κ2) is 3.30. The van der Waals surface area contributed by atoms with Crippen molar-refractivity contribution >= 4 is 11.3 Å². The largest absolute Gasteiger partial charge is 0.147 e. The van der Waals surface area contributed by atoms with Crippen molar-refractivity contribution < 1.29 is 0 Å². The van der Waals surface area contributed by atoms with E-state index in [1.165, 1.54) is 37.1 Å². The monoisotopic (exact) mass is 168 g/mol. The molecule has 2 rings (SSSR count). The third-order valence-corrected chi connectivity index (χ3v) is 3.19. The predicted molar refractivity (Wildman–Crippen MR) is 45.7 cm³/mol. The summed E-state index contributed by atoms with van der Waals surface area (Å²) in [5, 5.41) is 9.23. The first kappa shape index (κ1) is 7.22. The molecule has 1 aliphatic rings. The smallest absolute Gasteiger partial charge is 0.120 e. The minimum absolute atomic E-state index is 0.733. The number of rotatable bonds is 1. The molecule has 0 saturated heterocycles. The summed E-state index contributed by atoms with van der Waals surface area (Å²) in [6.45, 7) is 0. The lowest BCUT2D eigenvalue weighted by atomic mass is 9.90. The zero-order chi connectivity index (χ0) is 7.52. The summed E-state index contributed by atoms with van der Waals surface area (Å²) in [4.78, 5) is 0. The summed E-state index contributed by atoms with van der Waals surface area (Å²) in [5.74, 6) is 0.733. The maximum Gasteiger partial charge on any atom is 0.120 e. The number of hydrogen-bond donors (Lipinski definition) is 0. The van der Waals surface area contributed by atoms with Crippen LogP contribution >= 0.6 is 11.3 Å². The number of aromatic nitrogens is 2. The zero-order valence-corrected chi connectivity index (χ0v) is 7.31. The molecule has 0 radical (unpaired) electrons. The fourth-order valence-corrected chi connectivity index (χ4v) is 2.43. The Labute approximate surface area is 70.7 Å². The summed E-state index contributed by atoms with van der Waals surface area (Å²) >= 11 is 1.71. The van der Waals surface area contributed by atoms with Crippen LogP contribution in [0.2, 0.25) is 0 Å². The Hall–Kier alpha value is -0.440. The van der Waals surface area contributed by atoms with Crippen LogP contribution in [0.25, 0.3) is 0 Å². The third kappa shape index (κ3) is 1.59. The highest BCUT2D eigenvalue weighted by molar-refractivity contribution is 7.09. The molecule has 1 aromatic rings. The van der Waals surface area contributed by atoms with Crippen LogP contribution in [0.1, 0.15) is 43.0 Å². The van der Waals surface area contributed by atoms with E-state index in [2.05, 4.69) is 10.2 Å². The Kier molecular flexibility index (Phi) is 2.17. The average Bonchev–Trinajstić information content (AvgIpc) is 2.58. The summed E-state index contributed by atoms with van der Waals surface area (Å²) in [6, 6.07) is 0. The third-order valence-electron chi connectivity index (χ3n) is 2.33. The van der Waals surface area contributed by atoms with Gasteiger partial charge in [-0.25, -0.2) is 0 Å². The Bertz CT molecular complexity index is 202. The Morgan fingerprint density at radius 1 is 1.27 bits per heavy atom. The van der Waals surface area contributed by atoms with Crippen LogP contribution in [0.4, 0.5) is 0 Å². The van der Waals surface area contributed by atoms with Gasteiger partial charge < -0.3 is 0 Å². The Morgan fingerprint density at radius 2 is 2.09 bits per heavy atom. The van der Waals surface area contributed by atoms with Crippen LogP contribution in [0.5, 0.6) is 0 Å². The van der Waals surface area contributed by atoms with E-state index in [4.69, 9.17) is 0 Å². The zero-order valence-electron chi connectivity index (χ0n) is 6.49. The van der Waals surface area contributed by atoms with Crippen molar-refractivity contribution in [1.82, 2.24) is 10.2 Å². The lowest BCUT2D eigenvalue weighted by Gasteiger charge is -2.18. The van der Waals surface area contributed by atoms with E-state index in [0.717, 1.165) is 5.92 Å². The van der Waals surface area contributed by atoms with Gasteiger partial charge in [-0.2, -0.15) is 0 Å². The van der Waals surface area contributed by atoms with Gasteiger partial charge in [0.25, 0.3) is 0 Å². The minimum Gasteiger partial charge on any atom is -0.147 e. The van der Waals surface area contributed by atoms with E-state index < -0.39 is 0 Å². The van der Waals surface area contributed by atoms with Gasteiger partial charge in [-0.05, 0) is 12.8 Å². The molecule has 0 unspecified atom stereocenters. The molecule has 1 heterocycles. The molecule has 11 heavy (non-hydrogen) atoms. The topological polar surface area (TPSA) is 25.8 Å². The van der Waals surface area contributed by atoms with Crippen LogP contribution in [0, 0.1) is 0 Å². The molecule has 1 fully saturated rings. The Balaban J connectivity index is 2.04. The lowest BCUT2D eigenvalue weighted by Crippen LogP contribution is -2.03. The summed E-state index contributed by atoms with van der Waals surface area (Å²) < 4.78 is 0. The van der Waals surface area contributed by atoms with Crippen molar-refractivity contribution in [2.75, 3.05) is 0 Å². The normalized spacial score (nSPS) is 20.4. The predicted octanol–water partition coefficient (Wildman–Crippen LogP) is 2.59. The highest BCUT2D eigenvalue weighted by Crippen LogP contribution is 2.32. The Morgan fingerprint density at radius 3 is 2.73 bits per heavy atom. The molecule has 1 aliphatic carbocycles. The molecular weight excluding hydrogens is 156 g/mol. The standard InChI is InChI=1S/C8H12N2S/c1-2-4-7(5-3-1)8-10-9-6-11-8/h6-7H,1-5H2. The van der Waals surface area contributed by atoms with Crippen molar-refractivity contribution in [2.24, 2.45) is 0 Å². The van der Waals surface area contributed by atoms with E-state index in [1.807, 2.05) is 5.51 Å². The number of nitrogens with zero attached hydrogens (tertiary/aromatic N) is 2. The molecular formula is C8H12N2S. The van der Waals surface area contributed by atoms with Gasteiger partial charge in [-0.15, -0.1) is 21.5 Å². The molecule has 0 N–H and O–H groups in total. The highest BCUT2D eigenvalue weighted by atomic mass is 32.1. The van der Waals surface area contributed by atoms with E-state index in [-0.39, 0.29) is 0 Å². The summed E-state index contributed by atoms with van der Waals surface area (Å²) in [6.07, 6.45) is 6.83. The van der Waals surface area contributed by atoms with Crippen LogP contribution in [-0.2, 0) is 0 Å². The van der Waals surface area contributed by atoms with Crippen LogP contribution in [0.15, 0.2) is 5.51 Å². The molecule has 0 spiro atoms. The van der Waals surface area contributed by atoms with Gasteiger partial charge in [0, 0.05) is 5.92 Å². The van der Waals surface area contributed by atoms with Crippen LogP contribution < -0.4 is 0 Å². The van der Waals surface area contributed by atoms with Gasteiger partial charge in [0.15, 0.2) is 0 Å². The van der Waals surface area contributed by atoms with Gasteiger partial charge in [0.1, 0.15) is 10.5 Å². The van der Waals surface area contributed by atoms with Crippen LogP contribution in [-0.4, -0.2) is 10.2 Å².